The minimum Gasteiger partial charge on any atom is -0.383 e. The molecule has 0 heterocycles. The van der Waals surface area contributed by atoms with Gasteiger partial charge in [0.2, 0.25) is 5.91 Å². The third-order valence-electron chi connectivity index (χ3n) is 3.16. The van der Waals surface area contributed by atoms with E-state index < -0.39 is 0 Å². The number of hydrogen-bond acceptors (Lipinski definition) is 4. The van der Waals surface area contributed by atoms with Gasteiger partial charge in [-0.15, -0.1) is 0 Å². The Hall–Kier alpha value is -1.11. The maximum Gasteiger partial charge on any atom is 0.239 e. The highest BCUT2D eigenvalue weighted by atomic mass is 79.9. The summed E-state index contributed by atoms with van der Waals surface area (Å²) in [5, 5.41) is 5.96. The molecule has 0 bridgehead atoms. The highest BCUT2D eigenvalue weighted by Gasteiger charge is 2.12. The number of rotatable bonds is 9. The lowest BCUT2D eigenvalue weighted by Crippen LogP contribution is -2.35. The second kappa shape index (κ2) is 9.76. The van der Waals surface area contributed by atoms with Gasteiger partial charge in [0.1, 0.15) is 0 Å². The van der Waals surface area contributed by atoms with Crippen LogP contribution >= 0.6 is 15.9 Å². The fourth-order valence-electron chi connectivity index (χ4n) is 1.94. The lowest BCUT2D eigenvalue weighted by molar-refractivity contribution is -0.119. The molecule has 118 valence electrons. The molecular formula is C15H24BrN3O2. The summed E-state index contributed by atoms with van der Waals surface area (Å²) < 4.78 is 6.00. The average molecular weight is 358 g/mol. The molecule has 6 heteroatoms. The van der Waals surface area contributed by atoms with Crippen LogP contribution in [-0.4, -0.2) is 46.3 Å². The van der Waals surface area contributed by atoms with E-state index in [1.165, 1.54) is 5.56 Å². The smallest absolute Gasteiger partial charge is 0.239 e. The second-order valence-electron chi connectivity index (χ2n) is 4.64. The molecule has 21 heavy (non-hydrogen) atoms. The van der Waals surface area contributed by atoms with Crippen LogP contribution in [0.2, 0.25) is 0 Å². The molecule has 1 aromatic rings. The molecule has 0 saturated carbocycles. The van der Waals surface area contributed by atoms with Crippen LogP contribution in [-0.2, 0) is 16.1 Å². The quantitative estimate of drug-likeness (QED) is 0.661. The summed E-state index contributed by atoms with van der Waals surface area (Å²) >= 11 is 3.60. The fourth-order valence-corrected chi connectivity index (χ4v) is 2.62. The number of ether oxygens (including phenoxy) is 1. The number of anilines is 1. The number of amides is 1. The minimum atomic E-state index is 0.00839. The fraction of sp³-hybridized carbons (Fsp3) is 0.533. The molecule has 5 nitrogen and oxygen atoms in total. The highest BCUT2D eigenvalue weighted by molar-refractivity contribution is 9.10. The van der Waals surface area contributed by atoms with Gasteiger partial charge in [-0.05, 0) is 40.5 Å². The number of nitrogens with one attached hydrogen (secondary N) is 2. The summed E-state index contributed by atoms with van der Waals surface area (Å²) in [5.74, 6) is 0.00839. The van der Waals surface area contributed by atoms with Gasteiger partial charge < -0.3 is 20.3 Å². The van der Waals surface area contributed by atoms with E-state index in [1.54, 1.807) is 14.2 Å². The van der Waals surface area contributed by atoms with Gasteiger partial charge in [-0.1, -0.05) is 6.07 Å². The largest absolute Gasteiger partial charge is 0.383 e. The number of carbonyl (C=O) groups is 1. The Morgan fingerprint density at radius 1 is 1.43 bits per heavy atom. The highest BCUT2D eigenvalue weighted by Crippen LogP contribution is 2.27. The second-order valence-corrected chi connectivity index (χ2v) is 5.50. The van der Waals surface area contributed by atoms with E-state index in [2.05, 4.69) is 38.7 Å². The van der Waals surface area contributed by atoms with Crippen LogP contribution in [0.15, 0.2) is 22.7 Å². The zero-order valence-corrected chi connectivity index (χ0v) is 14.5. The molecule has 0 atom stereocenters. The summed E-state index contributed by atoms with van der Waals surface area (Å²) in [7, 11) is 3.35. The number of methoxy groups -OCH3 is 1. The third-order valence-corrected chi connectivity index (χ3v) is 3.80. The summed E-state index contributed by atoms with van der Waals surface area (Å²) in [4.78, 5) is 13.6. The molecule has 0 fully saturated rings. The zero-order chi connectivity index (χ0) is 15.7. The third kappa shape index (κ3) is 6.03. The van der Waals surface area contributed by atoms with Gasteiger partial charge in [-0.2, -0.15) is 0 Å². The van der Waals surface area contributed by atoms with Crippen molar-refractivity contribution in [3.63, 3.8) is 0 Å². The van der Waals surface area contributed by atoms with Crippen LogP contribution in [0.3, 0.4) is 0 Å². The summed E-state index contributed by atoms with van der Waals surface area (Å²) in [5.41, 5.74) is 2.22. The number of halogens is 1. The van der Waals surface area contributed by atoms with Gasteiger partial charge in [0.15, 0.2) is 0 Å². The summed E-state index contributed by atoms with van der Waals surface area (Å²) in [6.45, 7) is 5.50. The van der Waals surface area contributed by atoms with E-state index in [-0.39, 0.29) is 5.91 Å². The summed E-state index contributed by atoms with van der Waals surface area (Å²) in [6.07, 6.45) is 0. The molecule has 1 amide bonds. The molecule has 0 aliphatic rings. The van der Waals surface area contributed by atoms with Crippen molar-refractivity contribution in [2.45, 2.75) is 13.5 Å². The maximum absolute atomic E-state index is 11.5. The Bertz CT molecular complexity index is 455. The average Bonchev–Trinajstić information content (AvgIpc) is 2.49. The van der Waals surface area contributed by atoms with Crippen molar-refractivity contribution in [2.24, 2.45) is 0 Å². The van der Waals surface area contributed by atoms with Crippen LogP contribution in [0.25, 0.3) is 0 Å². The molecule has 0 aliphatic heterocycles. The van der Waals surface area contributed by atoms with E-state index in [1.807, 2.05) is 17.9 Å². The van der Waals surface area contributed by atoms with Crippen molar-refractivity contribution in [2.75, 3.05) is 45.3 Å². The van der Waals surface area contributed by atoms with Gasteiger partial charge >= 0.3 is 0 Å². The molecule has 1 rings (SSSR count). The van der Waals surface area contributed by atoms with Crippen LogP contribution in [0.4, 0.5) is 5.69 Å². The molecule has 1 aromatic carbocycles. The number of likely N-dealkylation sites (N-methyl/N-ethyl adjacent to an activating group) is 2. The van der Waals surface area contributed by atoms with E-state index in [0.717, 1.165) is 29.8 Å². The molecule has 0 unspecified atom stereocenters. The van der Waals surface area contributed by atoms with E-state index >= 15 is 0 Å². The topological polar surface area (TPSA) is 53.6 Å². The first-order valence-corrected chi connectivity index (χ1v) is 7.85. The Balaban J connectivity index is 2.69. The van der Waals surface area contributed by atoms with Crippen LogP contribution in [0, 0.1) is 0 Å². The van der Waals surface area contributed by atoms with E-state index in [9.17, 15) is 4.79 Å². The maximum atomic E-state index is 11.5. The number of benzene rings is 1. The van der Waals surface area contributed by atoms with Crippen molar-refractivity contribution in [3.8, 4) is 0 Å². The standard InChI is InChI=1S/C15H24BrN3O2/c1-4-19(11-15(20)17-2)14-6-5-12(9-13(14)16)10-18-7-8-21-3/h5-6,9,18H,4,7-8,10-11H2,1-3H3,(H,17,20). The molecule has 0 radical (unpaired) electrons. The van der Waals surface area contributed by atoms with Crippen molar-refractivity contribution < 1.29 is 9.53 Å². The summed E-state index contributed by atoms with van der Waals surface area (Å²) in [6, 6.07) is 6.21. The molecule has 0 saturated heterocycles. The van der Waals surface area contributed by atoms with Gasteiger partial charge in [0.05, 0.1) is 18.8 Å². The number of hydrogen-bond donors (Lipinski definition) is 2. The molecule has 0 aromatic heterocycles. The number of carbonyl (C=O) groups excluding carboxylic acids is 1. The SMILES string of the molecule is CCN(CC(=O)NC)c1ccc(CNCCOC)cc1Br. The van der Waals surface area contributed by atoms with Crippen LogP contribution in [0.5, 0.6) is 0 Å². The van der Waals surface area contributed by atoms with E-state index in [4.69, 9.17) is 4.74 Å². The molecule has 0 aliphatic carbocycles. The monoisotopic (exact) mass is 357 g/mol. The first-order valence-electron chi connectivity index (χ1n) is 7.06. The van der Waals surface area contributed by atoms with Crippen LogP contribution < -0.4 is 15.5 Å². The molecular weight excluding hydrogens is 334 g/mol. The van der Waals surface area contributed by atoms with Gasteiger partial charge in [-0.25, -0.2) is 0 Å². The van der Waals surface area contributed by atoms with Crippen molar-refractivity contribution >= 4 is 27.5 Å². The predicted octanol–water partition coefficient (Wildman–Crippen LogP) is 1.76. The first-order chi connectivity index (χ1) is 10.1. The van der Waals surface area contributed by atoms with Crippen molar-refractivity contribution in [3.05, 3.63) is 28.2 Å². The lowest BCUT2D eigenvalue weighted by atomic mass is 10.2. The lowest BCUT2D eigenvalue weighted by Gasteiger charge is -2.23. The Morgan fingerprint density at radius 3 is 2.76 bits per heavy atom. The van der Waals surface area contributed by atoms with Crippen LogP contribution in [0.1, 0.15) is 12.5 Å². The normalized spacial score (nSPS) is 10.5. The Morgan fingerprint density at radius 2 is 2.19 bits per heavy atom. The Kier molecular flexibility index (Phi) is 8.34. The Labute approximate surface area is 135 Å². The van der Waals surface area contributed by atoms with Gasteiger partial charge in [0.25, 0.3) is 0 Å². The number of nitrogens with zero attached hydrogens (tertiary/aromatic N) is 1. The first kappa shape index (κ1) is 17.9. The molecule has 0 spiro atoms. The van der Waals surface area contributed by atoms with Gasteiger partial charge in [0, 0.05) is 38.3 Å². The van der Waals surface area contributed by atoms with Crippen molar-refractivity contribution in [1.82, 2.24) is 10.6 Å². The van der Waals surface area contributed by atoms with E-state index in [0.29, 0.717) is 13.2 Å². The van der Waals surface area contributed by atoms with Gasteiger partial charge in [-0.3, -0.25) is 4.79 Å². The van der Waals surface area contributed by atoms with Crippen molar-refractivity contribution in [1.29, 1.82) is 0 Å². The minimum absolute atomic E-state index is 0.00839. The molecule has 2 N–H and O–H groups in total. The zero-order valence-electron chi connectivity index (χ0n) is 12.9. The predicted molar refractivity (Wildman–Crippen MR) is 89.7 cm³/mol.